The molecule has 0 amide bonds. The van der Waals surface area contributed by atoms with E-state index in [0.29, 0.717) is 37.1 Å². The van der Waals surface area contributed by atoms with Crippen LogP contribution in [0.15, 0.2) is 72.9 Å². The van der Waals surface area contributed by atoms with Crippen molar-refractivity contribution in [1.82, 2.24) is 14.8 Å². The Balaban J connectivity index is 1.27. The van der Waals surface area contributed by atoms with Gasteiger partial charge in [0.1, 0.15) is 23.9 Å². The molecular formula is C34H36N4O4. The van der Waals surface area contributed by atoms with Gasteiger partial charge in [-0.15, -0.1) is 0 Å². The molecule has 2 heterocycles. The van der Waals surface area contributed by atoms with Crippen LogP contribution in [0.25, 0.3) is 32.8 Å². The number of fused-ring (bicyclic) bond motifs is 2. The molecule has 0 aliphatic heterocycles. The fourth-order valence-corrected chi connectivity index (χ4v) is 5.49. The van der Waals surface area contributed by atoms with E-state index in [1.165, 1.54) is 19.3 Å². The molecule has 0 radical (unpaired) electrons. The fraction of sp³-hybridized carbons (Fsp3) is 0.324. The maximum absolute atomic E-state index is 12.4. The Kier molecular flexibility index (Phi) is 8.33. The van der Waals surface area contributed by atoms with Crippen LogP contribution in [0.3, 0.4) is 0 Å². The first-order valence-electron chi connectivity index (χ1n) is 14.6. The Morgan fingerprint density at radius 3 is 2.62 bits per heavy atom. The van der Waals surface area contributed by atoms with E-state index in [2.05, 4.69) is 46.1 Å². The van der Waals surface area contributed by atoms with Gasteiger partial charge in [-0.05, 0) is 65.6 Å². The normalized spacial score (nSPS) is 13.4. The number of hydrogen-bond donors (Lipinski definition) is 1. The molecule has 216 valence electrons. The number of pyridine rings is 1. The number of benzene rings is 3. The number of methoxy groups -OCH3 is 1. The number of nitrogens with two attached hydrogens (primary N) is 1. The summed E-state index contributed by atoms with van der Waals surface area (Å²) in [5.41, 5.74) is 11.1. The first-order chi connectivity index (χ1) is 20.6. The lowest BCUT2D eigenvalue weighted by atomic mass is 9.85. The molecule has 1 aliphatic rings. The van der Waals surface area contributed by atoms with Crippen LogP contribution in [0.5, 0.6) is 5.75 Å². The summed E-state index contributed by atoms with van der Waals surface area (Å²) in [6.45, 7) is 2.08. The van der Waals surface area contributed by atoms with Gasteiger partial charge in [0.05, 0.1) is 18.5 Å². The fourth-order valence-electron chi connectivity index (χ4n) is 5.49. The Labute approximate surface area is 245 Å². The van der Waals surface area contributed by atoms with Crippen LogP contribution in [-0.2, 0) is 33.8 Å². The first-order valence-corrected chi connectivity index (χ1v) is 14.6. The van der Waals surface area contributed by atoms with Crippen LogP contribution in [-0.4, -0.2) is 41.1 Å². The topological polar surface area (TPSA) is 101 Å². The summed E-state index contributed by atoms with van der Waals surface area (Å²) in [4.78, 5) is 16.7. The molecule has 8 heteroatoms. The van der Waals surface area contributed by atoms with Gasteiger partial charge in [-0.1, -0.05) is 42.8 Å². The van der Waals surface area contributed by atoms with Crippen molar-refractivity contribution >= 4 is 33.5 Å². The monoisotopic (exact) mass is 564 g/mol. The van der Waals surface area contributed by atoms with Crippen LogP contribution >= 0.6 is 0 Å². The number of carbonyl (C=O) groups excluding carboxylic acids is 1. The van der Waals surface area contributed by atoms with Gasteiger partial charge in [0.25, 0.3) is 0 Å². The second-order valence-corrected chi connectivity index (χ2v) is 10.9. The van der Waals surface area contributed by atoms with Crippen molar-refractivity contribution in [3.63, 3.8) is 0 Å². The predicted molar refractivity (Wildman–Crippen MR) is 164 cm³/mol. The second kappa shape index (κ2) is 12.6. The van der Waals surface area contributed by atoms with E-state index in [4.69, 9.17) is 25.0 Å². The third-order valence-corrected chi connectivity index (χ3v) is 8.04. The molecule has 1 saturated carbocycles. The number of anilines is 1. The average molecular weight is 565 g/mol. The van der Waals surface area contributed by atoms with Crippen LogP contribution in [0.1, 0.15) is 36.9 Å². The Morgan fingerprint density at radius 2 is 1.81 bits per heavy atom. The first kappa shape index (κ1) is 27.7. The van der Waals surface area contributed by atoms with Gasteiger partial charge in [-0.2, -0.15) is 5.10 Å². The molecule has 1 aliphatic carbocycles. The lowest BCUT2D eigenvalue weighted by Gasteiger charge is -2.25. The minimum absolute atomic E-state index is 0.143. The molecule has 0 unspecified atom stereocenters. The van der Waals surface area contributed by atoms with E-state index in [-0.39, 0.29) is 19.0 Å². The van der Waals surface area contributed by atoms with Crippen molar-refractivity contribution in [2.75, 3.05) is 26.1 Å². The number of para-hydroxylation sites is 1. The van der Waals surface area contributed by atoms with E-state index < -0.39 is 0 Å². The quantitative estimate of drug-likeness (QED) is 0.139. The molecule has 1 fully saturated rings. The van der Waals surface area contributed by atoms with Crippen LogP contribution in [0, 0.1) is 5.92 Å². The zero-order valence-electron chi connectivity index (χ0n) is 23.9. The van der Waals surface area contributed by atoms with E-state index in [0.717, 1.165) is 50.6 Å². The summed E-state index contributed by atoms with van der Waals surface area (Å²) in [6, 6.07) is 22.4. The van der Waals surface area contributed by atoms with Crippen LogP contribution < -0.4 is 10.5 Å². The molecule has 0 saturated heterocycles. The molecule has 0 bridgehead atoms. The average Bonchev–Trinajstić information content (AvgIpc) is 3.33. The molecule has 0 atom stereocenters. The summed E-state index contributed by atoms with van der Waals surface area (Å²) < 4.78 is 18.8. The van der Waals surface area contributed by atoms with Crippen molar-refractivity contribution in [3.8, 4) is 16.9 Å². The minimum Gasteiger partial charge on any atom is -0.487 e. The van der Waals surface area contributed by atoms with Gasteiger partial charge in [-0.3, -0.25) is 9.48 Å². The SMILES string of the molecule is COCCCOC(=O)Cc1ccccc1OCc1nn(CC2CCC2)c2ccc(-c3ccc4ccnc(N)c4c3)cc12. The van der Waals surface area contributed by atoms with E-state index in [1.807, 2.05) is 30.3 Å². The van der Waals surface area contributed by atoms with Crippen molar-refractivity contribution in [2.24, 2.45) is 5.92 Å². The van der Waals surface area contributed by atoms with E-state index in [1.54, 1.807) is 13.3 Å². The molecule has 2 aromatic heterocycles. The number of rotatable bonds is 12. The van der Waals surface area contributed by atoms with Crippen molar-refractivity contribution in [2.45, 2.75) is 45.3 Å². The van der Waals surface area contributed by atoms with Crippen LogP contribution in [0.4, 0.5) is 5.82 Å². The number of hydrogen-bond acceptors (Lipinski definition) is 7. The maximum atomic E-state index is 12.4. The Bertz CT molecular complexity index is 1710. The summed E-state index contributed by atoms with van der Waals surface area (Å²) in [7, 11) is 1.63. The molecule has 6 rings (SSSR count). The van der Waals surface area contributed by atoms with Gasteiger partial charge in [0.2, 0.25) is 0 Å². The zero-order valence-corrected chi connectivity index (χ0v) is 23.9. The van der Waals surface area contributed by atoms with Gasteiger partial charge < -0.3 is 19.9 Å². The summed E-state index contributed by atoms with van der Waals surface area (Å²) in [6.07, 6.45) is 6.32. The molecule has 5 aromatic rings. The molecule has 2 N–H and O–H groups in total. The summed E-state index contributed by atoms with van der Waals surface area (Å²) in [5, 5.41) is 8.09. The zero-order chi connectivity index (χ0) is 28.9. The summed E-state index contributed by atoms with van der Waals surface area (Å²) >= 11 is 0. The molecule has 42 heavy (non-hydrogen) atoms. The van der Waals surface area contributed by atoms with E-state index in [9.17, 15) is 4.79 Å². The van der Waals surface area contributed by atoms with Crippen LogP contribution in [0.2, 0.25) is 0 Å². The third kappa shape index (κ3) is 6.09. The standard InChI is InChI=1S/C34H36N4O4/c1-40-16-5-17-41-33(39)20-27-8-2-3-9-32(27)42-22-30-29-19-26(12-13-31(29)38(37-30)21-23-6-4-7-23)25-11-10-24-14-15-36-34(35)28(24)18-25/h2-3,8-15,18-19,23H,4-7,16-17,20-22H2,1H3,(H2,35,36). The smallest absolute Gasteiger partial charge is 0.310 e. The number of carbonyl (C=O) groups is 1. The highest BCUT2D eigenvalue weighted by Gasteiger charge is 2.21. The lowest BCUT2D eigenvalue weighted by molar-refractivity contribution is -0.143. The summed E-state index contributed by atoms with van der Waals surface area (Å²) in [5.74, 6) is 1.55. The predicted octanol–water partition coefficient (Wildman–Crippen LogP) is 6.34. The van der Waals surface area contributed by atoms with Gasteiger partial charge >= 0.3 is 5.97 Å². The maximum Gasteiger partial charge on any atom is 0.310 e. The molecule has 8 nitrogen and oxygen atoms in total. The molecular weight excluding hydrogens is 528 g/mol. The Hall–Kier alpha value is -4.43. The van der Waals surface area contributed by atoms with Crippen molar-refractivity contribution in [3.05, 3.63) is 84.2 Å². The Morgan fingerprint density at radius 1 is 1.00 bits per heavy atom. The van der Waals surface area contributed by atoms with Gasteiger partial charge in [0, 0.05) is 49.2 Å². The lowest BCUT2D eigenvalue weighted by Crippen LogP contribution is -2.18. The number of nitrogens with zero attached hydrogens (tertiary/aromatic N) is 3. The number of esters is 1. The van der Waals surface area contributed by atoms with Gasteiger partial charge in [0.15, 0.2) is 0 Å². The van der Waals surface area contributed by atoms with Crippen molar-refractivity contribution in [1.29, 1.82) is 0 Å². The highest BCUT2D eigenvalue weighted by molar-refractivity contribution is 5.95. The van der Waals surface area contributed by atoms with E-state index >= 15 is 0 Å². The largest absolute Gasteiger partial charge is 0.487 e. The highest BCUT2D eigenvalue weighted by Crippen LogP contribution is 2.33. The minimum atomic E-state index is -0.284. The second-order valence-electron chi connectivity index (χ2n) is 10.9. The van der Waals surface area contributed by atoms with Crippen molar-refractivity contribution < 1.29 is 19.0 Å². The number of ether oxygens (including phenoxy) is 3. The molecule has 3 aromatic carbocycles. The third-order valence-electron chi connectivity index (χ3n) is 8.04. The number of nitrogen functional groups attached to an aromatic ring is 1. The number of aromatic nitrogens is 3. The van der Waals surface area contributed by atoms with Gasteiger partial charge in [-0.25, -0.2) is 4.98 Å². The molecule has 0 spiro atoms. The highest BCUT2D eigenvalue weighted by atomic mass is 16.5.